The molecule has 5 aliphatic heterocycles. The molecule has 17 unspecified atom stereocenters. The van der Waals surface area contributed by atoms with E-state index in [1.807, 2.05) is 24.3 Å². The van der Waals surface area contributed by atoms with Crippen molar-refractivity contribution < 1.29 is 9.53 Å². The zero-order chi connectivity index (χ0) is 37.6. The number of carbonyl (C=O) groups is 1. The Hall–Kier alpha value is -1.83. The van der Waals surface area contributed by atoms with Crippen LogP contribution in [0.4, 0.5) is 0 Å². The predicted molar refractivity (Wildman–Crippen MR) is 220 cm³/mol. The maximum Gasteiger partial charge on any atom is 0.251 e. The molecule has 11 nitrogen and oxygen atoms in total. The molecule has 11 heteroatoms. The molecular formula is C45H73N9O2. The van der Waals surface area contributed by atoms with Crippen LogP contribution in [0.5, 0.6) is 5.75 Å². The summed E-state index contributed by atoms with van der Waals surface area (Å²) in [5.74, 6) is 5.63. The number of carbonyl (C=O) groups excluding carboxylic acids is 1. The fraction of sp³-hybridized carbons (Fsp3) is 0.844. The number of amides is 1. The third kappa shape index (κ3) is 7.59. The van der Waals surface area contributed by atoms with Gasteiger partial charge in [0.1, 0.15) is 11.9 Å². The molecule has 10 rings (SSSR count). The number of fused-ring (bicyclic) bond motifs is 20. The lowest BCUT2D eigenvalue weighted by atomic mass is 9.75. The maximum atomic E-state index is 12.9. The molecule has 9 fully saturated rings. The van der Waals surface area contributed by atoms with E-state index in [1.165, 1.54) is 109 Å². The second-order valence-corrected chi connectivity index (χ2v) is 19.7. The van der Waals surface area contributed by atoms with Crippen molar-refractivity contribution in [3.05, 3.63) is 29.8 Å². The van der Waals surface area contributed by atoms with Gasteiger partial charge < -0.3 is 10.1 Å². The van der Waals surface area contributed by atoms with Gasteiger partial charge in [0.05, 0.1) is 49.3 Å². The van der Waals surface area contributed by atoms with E-state index in [0.29, 0.717) is 83.7 Å². The highest BCUT2D eigenvalue weighted by Crippen LogP contribution is 2.46. The standard InChI is InChI=1S/C45H73N9O2/c1-2-3-4-11-25-46-45(55)26-21-23-27(24-22-26)56-35-20-12-19-34-36(35)44-53-42-33-18-10-9-17-32(33)40(51-42)49-38-29-14-6-5-13-28(29)37(47-38)48-39-30-15-7-8-16-31(30)41(50-39)52-43(34)54-44/h21-24,28-44,47-54H,2-20,25H2,1H3,(H,46,55). The van der Waals surface area contributed by atoms with Gasteiger partial charge in [0.25, 0.3) is 5.91 Å². The molecule has 9 aliphatic rings. The topological polar surface area (TPSA) is 135 Å². The van der Waals surface area contributed by atoms with Crippen LogP contribution in [0.15, 0.2) is 24.3 Å². The van der Waals surface area contributed by atoms with Gasteiger partial charge in [-0.3, -0.25) is 47.3 Å². The van der Waals surface area contributed by atoms with Gasteiger partial charge in [-0.2, -0.15) is 0 Å². The summed E-state index contributed by atoms with van der Waals surface area (Å²) in [5, 5.41) is 37.1. The molecular weight excluding hydrogens is 699 g/mol. The first-order valence-electron chi connectivity index (χ1n) is 23.7. The molecule has 310 valence electrons. The molecule has 1 amide bonds. The third-order valence-corrected chi connectivity index (χ3v) is 16.5. The monoisotopic (exact) mass is 772 g/mol. The number of ether oxygens (including phenoxy) is 1. The van der Waals surface area contributed by atoms with Crippen LogP contribution in [0.25, 0.3) is 0 Å². The first-order valence-corrected chi connectivity index (χ1v) is 23.7. The third-order valence-electron chi connectivity index (χ3n) is 16.5. The van der Waals surface area contributed by atoms with E-state index in [4.69, 9.17) is 4.74 Å². The van der Waals surface area contributed by atoms with Crippen molar-refractivity contribution in [2.45, 2.75) is 184 Å². The lowest BCUT2D eigenvalue weighted by Crippen LogP contribution is -2.62. The smallest absolute Gasteiger partial charge is 0.251 e. The largest absolute Gasteiger partial charge is 0.490 e. The van der Waals surface area contributed by atoms with Crippen molar-refractivity contribution in [2.75, 3.05) is 6.54 Å². The molecule has 5 heterocycles. The molecule has 1 aromatic rings. The van der Waals surface area contributed by atoms with Gasteiger partial charge in [-0.15, -0.1) is 0 Å². The zero-order valence-electron chi connectivity index (χ0n) is 34.1. The van der Waals surface area contributed by atoms with Crippen LogP contribution in [-0.4, -0.2) is 67.9 Å². The number of benzene rings is 1. The number of nitrogens with one attached hydrogen (secondary N) is 9. The molecule has 4 aliphatic carbocycles. The average Bonchev–Trinajstić information content (AvgIpc) is 3.97. The van der Waals surface area contributed by atoms with Crippen LogP contribution >= 0.6 is 0 Å². The van der Waals surface area contributed by atoms with Gasteiger partial charge in [0.2, 0.25) is 0 Å². The van der Waals surface area contributed by atoms with E-state index in [2.05, 4.69) is 54.8 Å². The van der Waals surface area contributed by atoms with E-state index in [9.17, 15) is 4.79 Å². The Morgan fingerprint density at radius 3 is 1.38 bits per heavy atom. The summed E-state index contributed by atoms with van der Waals surface area (Å²) in [6, 6.07) is 7.94. The van der Waals surface area contributed by atoms with Crippen LogP contribution in [0.3, 0.4) is 0 Å². The summed E-state index contributed by atoms with van der Waals surface area (Å²) < 4.78 is 7.02. The highest BCUT2D eigenvalue weighted by Gasteiger charge is 2.56. The molecule has 8 bridgehead atoms. The molecule has 0 aromatic heterocycles. The van der Waals surface area contributed by atoms with E-state index >= 15 is 0 Å². The molecule has 17 atom stereocenters. The fourth-order valence-electron chi connectivity index (χ4n) is 13.9. The summed E-state index contributed by atoms with van der Waals surface area (Å²) in [7, 11) is 0. The Balaban J connectivity index is 0.911. The van der Waals surface area contributed by atoms with Crippen molar-refractivity contribution in [1.29, 1.82) is 0 Å². The van der Waals surface area contributed by atoms with Crippen LogP contribution in [0, 0.1) is 47.3 Å². The lowest BCUT2D eigenvalue weighted by Gasteiger charge is -2.39. The maximum absolute atomic E-state index is 12.9. The van der Waals surface area contributed by atoms with Gasteiger partial charge in [-0.1, -0.05) is 64.7 Å². The molecule has 4 saturated carbocycles. The minimum atomic E-state index is 0.0116. The molecule has 1 aromatic carbocycles. The molecule has 0 radical (unpaired) electrons. The SMILES string of the molecule is CCCCCCNC(=O)c1ccc(OC2CCCC3C4NC5NC(NC6NC(NC7NC(NC(N4)C23)C2CCCCC72)C2CCCCC62)C2CCCCC52)cc1. The molecule has 56 heavy (non-hydrogen) atoms. The summed E-state index contributed by atoms with van der Waals surface area (Å²) in [6.07, 6.45) is 26.4. The van der Waals surface area contributed by atoms with Crippen LogP contribution < -0.4 is 52.6 Å². The van der Waals surface area contributed by atoms with Crippen molar-refractivity contribution in [3.8, 4) is 5.75 Å². The van der Waals surface area contributed by atoms with E-state index < -0.39 is 0 Å². The highest BCUT2D eigenvalue weighted by atomic mass is 16.5. The number of rotatable bonds is 8. The Morgan fingerprint density at radius 2 is 0.929 bits per heavy atom. The van der Waals surface area contributed by atoms with Crippen molar-refractivity contribution in [1.82, 2.24) is 47.9 Å². The van der Waals surface area contributed by atoms with Crippen LogP contribution in [0.2, 0.25) is 0 Å². The van der Waals surface area contributed by atoms with Gasteiger partial charge in [0, 0.05) is 18.0 Å². The minimum Gasteiger partial charge on any atom is -0.490 e. The second kappa shape index (κ2) is 17.0. The Bertz CT molecular complexity index is 1480. The first kappa shape index (κ1) is 38.4. The van der Waals surface area contributed by atoms with Crippen molar-refractivity contribution >= 4 is 5.91 Å². The quantitative estimate of drug-likeness (QED) is 0.167. The Labute approximate surface area is 336 Å². The number of hydrogen-bond acceptors (Lipinski definition) is 10. The van der Waals surface area contributed by atoms with E-state index in [0.717, 1.165) is 25.1 Å². The lowest BCUT2D eigenvalue weighted by molar-refractivity contribution is 0.0424. The van der Waals surface area contributed by atoms with Gasteiger partial charge in [0.15, 0.2) is 0 Å². The van der Waals surface area contributed by atoms with Crippen LogP contribution in [0.1, 0.15) is 139 Å². The molecule has 0 spiro atoms. The Kier molecular flexibility index (Phi) is 11.7. The normalized spacial score (nSPS) is 45.6. The van der Waals surface area contributed by atoms with Gasteiger partial charge in [-0.25, -0.2) is 0 Å². The summed E-state index contributed by atoms with van der Waals surface area (Å²) in [4.78, 5) is 12.9. The molecule has 5 saturated heterocycles. The minimum absolute atomic E-state index is 0.0116. The van der Waals surface area contributed by atoms with Crippen molar-refractivity contribution in [3.63, 3.8) is 0 Å². The average molecular weight is 772 g/mol. The Morgan fingerprint density at radius 1 is 0.518 bits per heavy atom. The number of unbranched alkanes of at least 4 members (excludes halogenated alkanes) is 3. The first-order chi connectivity index (χ1) is 27.6. The van der Waals surface area contributed by atoms with Gasteiger partial charge >= 0.3 is 0 Å². The van der Waals surface area contributed by atoms with Crippen LogP contribution in [-0.2, 0) is 0 Å². The highest BCUT2D eigenvalue weighted by molar-refractivity contribution is 5.94. The fourth-order valence-corrected chi connectivity index (χ4v) is 13.9. The van der Waals surface area contributed by atoms with E-state index in [1.54, 1.807) is 0 Å². The van der Waals surface area contributed by atoms with Crippen molar-refractivity contribution in [2.24, 2.45) is 47.3 Å². The summed E-state index contributed by atoms with van der Waals surface area (Å²) in [5.41, 5.74) is 0.711. The summed E-state index contributed by atoms with van der Waals surface area (Å²) in [6.45, 7) is 2.95. The number of hydrogen-bond donors (Lipinski definition) is 9. The molecule has 9 N–H and O–H groups in total. The predicted octanol–water partition coefficient (Wildman–Crippen LogP) is 4.97. The van der Waals surface area contributed by atoms with E-state index in [-0.39, 0.29) is 30.5 Å². The zero-order valence-corrected chi connectivity index (χ0v) is 34.1. The van der Waals surface area contributed by atoms with Gasteiger partial charge in [-0.05, 0) is 130 Å². The second-order valence-electron chi connectivity index (χ2n) is 19.7. The summed E-state index contributed by atoms with van der Waals surface area (Å²) >= 11 is 0.